The number of pyridine rings is 1. The molecular formula is C18H22N4O2. The third-order valence-electron chi connectivity index (χ3n) is 4.30. The molecule has 6 nitrogen and oxygen atoms in total. The summed E-state index contributed by atoms with van der Waals surface area (Å²) in [4.78, 5) is 26.8. The lowest BCUT2D eigenvalue weighted by Crippen LogP contribution is -2.39. The van der Waals surface area contributed by atoms with Crippen LogP contribution >= 0.6 is 0 Å². The van der Waals surface area contributed by atoms with Gasteiger partial charge in [0.2, 0.25) is 0 Å². The van der Waals surface area contributed by atoms with Crippen molar-refractivity contribution < 1.29 is 9.90 Å². The van der Waals surface area contributed by atoms with E-state index in [0.717, 1.165) is 49.3 Å². The van der Waals surface area contributed by atoms with E-state index >= 15 is 0 Å². The van der Waals surface area contributed by atoms with E-state index in [9.17, 15) is 9.90 Å². The number of aryl methyl sites for hydroxylation is 1. The standard InChI is InChI=1S/C18H22N4O2/c1-2-4-15-11-16(22-10-3-5-14(12-22)18(23)24)21-17(20-15)13-6-8-19-9-7-13/h6-9,11,14H,2-5,10,12H2,1H3,(H,23,24). The molecule has 0 aliphatic carbocycles. The van der Waals surface area contributed by atoms with Crippen molar-refractivity contribution in [3.05, 3.63) is 36.3 Å². The largest absolute Gasteiger partial charge is 0.481 e. The van der Waals surface area contributed by atoms with Gasteiger partial charge in [0.1, 0.15) is 5.82 Å². The number of carbonyl (C=O) groups is 1. The minimum absolute atomic E-state index is 0.326. The number of hydrogen-bond donors (Lipinski definition) is 1. The quantitative estimate of drug-likeness (QED) is 0.910. The second-order valence-electron chi connectivity index (χ2n) is 6.15. The monoisotopic (exact) mass is 326 g/mol. The first-order valence-electron chi connectivity index (χ1n) is 8.43. The molecule has 126 valence electrons. The molecule has 1 atom stereocenters. The van der Waals surface area contributed by atoms with Crippen molar-refractivity contribution in [3.8, 4) is 11.4 Å². The third-order valence-corrected chi connectivity index (χ3v) is 4.30. The third kappa shape index (κ3) is 3.69. The molecule has 1 aliphatic rings. The Bertz CT molecular complexity index is 705. The second-order valence-corrected chi connectivity index (χ2v) is 6.15. The molecule has 0 radical (unpaired) electrons. The van der Waals surface area contributed by atoms with Crippen LogP contribution in [0.2, 0.25) is 0 Å². The van der Waals surface area contributed by atoms with Crippen LogP contribution < -0.4 is 4.90 Å². The maximum Gasteiger partial charge on any atom is 0.308 e. The van der Waals surface area contributed by atoms with E-state index in [-0.39, 0.29) is 5.92 Å². The number of rotatable bonds is 5. The van der Waals surface area contributed by atoms with Gasteiger partial charge in [-0.1, -0.05) is 13.3 Å². The highest BCUT2D eigenvalue weighted by atomic mass is 16.4. The zero-order valence-corrected chi connectivity index (χ0v) is 13.9. The maximum absolute atomic E-state index is 11.3. The van der Waals surface area contributed by atoms with Gasteiger partial charge in [-0.2, -0.15) is 0 Å². The van der Waals surface area contributed by atoms with Crippen molar-refractivity contribution in [3.63, 3.8) is 0 Å². The smallest absolute Gasteiger partial charge is 0.308 e. The SMILES string of the molecule is CCCc1cc(N2CCCC(C(=O)O)C2)nc(-c2ccncc2)n1. The minimum atomic E-state index is -0.725. The van der Waals surface area contributed by atoms with E-state index in [1.54, 1.807) is 12.4 Å². The fourth-order valence-electron chi connectivity index (χ4n) is 3.05. The van der Waals surface area contributed by atoms with Crippen molar-refractivity contribution in [2.45, 2.75) is 32.6 Å². The van der Waals surface area contributed by atoms with Crippen LogP contribution in [0.25, 0.3) is 11.4 Å². The summed E-state index contributed by atoms with van der Waals surface area (Å²) in [5.74, 6) is 0.451. The van der Waals surface area contributed by atoms with Gasteiger partial charge >= 0.3 is 5.97 Å². The van der Waals surface area contributed by atoms with Gasteiger partial charge in [0, 0.05) is 42.8 Å². The summed E-state index contributed by atoms with van der Waals surface area (Å²) in [5.41, 5.74) is 1.92. The molecule has 1 unspecified atom stereocenters. The van der Waals surface area contributed by atoms with E-state index in [1.807, 2.05) is 18.2 Å². The Hall–Kier alpha value is -2.50. The molecule has 1 fully saturated rings. The van der Waals surface area contributed by atoms with Gasteiger partial charge in [-0.25, -0.2) is 9.97 Å². The summed E-state index contributed by atoms with van der Waals surface area (Å²) in [6, 6.07) is 5.79. The molecule has 0 amide bonds. The highest BCUT2D eigenvalue weighted by Gasteiger charge is 2.26. The first kappa shape index (κ1) is 16.4. The number of nitrogens with zero attached hydrogens (tertiary/aromatic N) is 4. The number of aromatic nitrogens is 3. The Morgan fingerprint density at radius 2 is 2.12 bits per heavy atom. The van der Waals surface area contributed by atoms with Crippen LogP contribution in [-0.2, 0) is 11.2 Å². The number of carboxylic acids is 1. The Morgan fingerprint density at radius 3 is 2.83 bits per heavy atom. The summed E-state index contributed by atoms with van der Waals surface area (Å²) in [7, 11) is 0. The van der Waals surface area contributed by atoms with Crippen molar-refractivity contribution in [2.75, 3.05) is 18.0 Å². The van der Waals surface area contributed by atoms with E-state index in [4.69, 9.17) is 4.98 Å². The average molecular weight is 326 g/mol. The highest BCUT2D eigenvalue weighted by molar-refractivity contribution is 5.71. The molecule has 0 saturated carbocycles. The van der Waals surface area contributed by atoms with Crippen molar-refractivity contribution in [2.24, 2.45) is 5.92 Å². The van der Waals surface area contributed by atoms with Crippen LogP contribution in [0, 0.1) is 5.92 Å². The molecule has 0 bridgehead atoms. The number of piperidine rings is 1. The highest BCUT2D eigenvalue weighted by Crippen LogP contribution is 2.25. The van der Waals surface area contributed by atoms with E-state index in [2.05, 4.69) is 21.8 Å². The fourth-order valence-corrected chi connectivity index (χ4v) is 3.05. The number of anilines is 1. The molecule has 1 aliphatic heterocycles. The first-order valence-corrected chi connectivity index (χ1v) is 8.43. The minimum Gasteiger partial charge on any atom is -0.481 e. The van der Waals surface area contributed by atoms with Gasteiger partial charge in [-0.15, -0.1) is 0 Å². The molecule has 1 N–H and O–H groups in total. The number of carboxylic acid groups (broad SMARTS) is 1. The normalized spacial score (nSPS) is 17.7. The predicted octanol–water partition coefficient (Wildman–Crippen LogP) is 2.79. The Kier molecular flexibility index (Phi) is 5.03. The lowest BCUT2D eigenvalue weighted by atomic mass is 9.98. The van der Waals surface area contributed by atoms with Crippen LogP contribution in [0.1, 0.15) is 31.9 Å². The van der Waals surface area contributed by atoms with Crippen LogP contribution in [0.3, 0.4) is 0 Å². The van der Waals surface area contributed by atoms with Crippen LogP contribution in [-0.4, -0.2) is 39.1 Å². The van der Waals surface area contributed by atoms with Gasteiger partial charge in [-0.3, -0.25) is 9.78 Å². The van der Waals surface area contributed by atoms with Crippen molar-refractivity contribution in [1.82, 2.24) is 15.0 Å². The summed E-state index contributed by atoms with van der Waals surface area (Å²) in [6.45, 7) is 3.46. The van der Waals surface area contributed by atoms with E-state index in [0.29, 0.717) is 12.4 Å². The van der Waals surface area contributed by atoms with Crippen LogP contribution in [0.5, 0.6) is 0 Å². The van der Waals surface area contributed by atoms with E-state index in [1.165, 1.54) is 0 Å². The molecule has 24 heavy (non-hydrogen) atoms. The first-order chi connectivity index (χ1) is 11.7. The van der Waals surface area contributed by atoms with Crippen LogP contribution in [0.4, 0.5) is 5.82 Å². The molecule has 3 rings (SSSR count). The van der Waals surface area contributed by atoms with Gasteiger partial charge in [-0.05, 0) is 31.4 Å². The van der Waals surface area contributed by atoms with Gasteiger partial charge < -0.3 is 10.0 Å². The molecule has 3 heterocycles. The number of aliphatic carboxylic acids is 1. The molecular weight excluding hydrogens is 304 g/mol. The van der Waals surface area contributed by atoms with Crippen molar-refractivity contribution >= 4 is 11.8 Å². The molecule has 6 heteroatoms. The lowest BCUT2D eigenvalue weighted by molar-refractivity contribution is -0.141. The average Bonchev–Trinajstić information content (AvgIpc) is 2.62. The summed E-state index contributed by atoms with van der Waals surface area (Å²) < 4.78 is 0. The summed E-state index contributed by atoms with van der Waals surface area (Å²) >= 11 is 0. The maximum atomic E-state index is 11.3. The predicted molar refractivity (Wildman–Crippen MR) is 91.8 cm³/mol. The topological polar surface area (TPSA) is 79.2 Å². The molecule has 1 saturated heterocycles. The molecule has 2 aromatic rings. The van der Waals surface area contributed by atoms with E-state index < -0.39 is 5.97 Å². The fraction of sp³-hybridized carbons (Fsp3) is 0.444. The Balaban J connectivity index is 1.94. The molecule has 0 spiro atoms. The second kappa shape index (κ2) is 7.38. The number of hydrogen-bond acceptors (Lipinski definition) is 5. The molecule has 2 aromatic heterocycles. The van der Waals surface area contributed by atoms with Gasteiger partial charge in [0.15, 0.2) is 5.82 Å². The zero-order valence-electron chi connectivity index (χ0n) is 13.9. The lowest BCUT2D eigenvalue weighted by Gasteiger charge is -2.32. The van der Waals surface area contributed by atoms with Crippen LogP contribution in [0.15, 0.2) is 30.6 Å². The molecule has 0 aromatic carbocycles. The Morgan fingerprint density at radius 1 is 1.33 bits per heavy atom. The zero-order chi connectivity index (χ0) is 16.9. The van der Waals surface area contributed by atoms with Gasteiger partial charge in [0.05, 0.1) is 5.92 Å². The van der Waals surface area contributed by atoms with Gasteiger partial charge in [0.25, 0.3) is 0 Å². The summed E-state index contributed by atoms with van der Waals surface area (Å²) in [6.07, 6.45) is 6.94. The van der Waals surface area contributed by atoms with Crippen molar-refractivity contribution in [1.29, 1.82) is 0 Å². The Labute approximate surface area is 141 Å². The summed E-state index contributed by atoms with van der Waals surface area (Å²) in [5, 5.41) is 9.31.